The third-order valence-corrected chi connectivity index (χ3v) is 4.03. The molecule has 0 bridgehead atoms. The molecule has 0 fully saturated rings. The van der Waals surface area contributed by atoms with Crippen LogP contribution in [-0.2, 0) is 6.42 Å². The molecule has 4 nitrogen and oxygen atoms in total. The summed E-state index contributed by atoms with van der Waals surface area (Å²) in [6.07, 6.45) is 2.43. The van der Waals surface area contributed by atoms with Gasteiger partial charge >= 0.3 is 0 Å². The summed E-state index contributed by atoms with van der Waals surface area (Å²) in [6.45, 7) is -0.837. The molecule has 0 saturated heterocycles. The van der Waals surface area contributed by atoms with Crippen molar-refractivity contribution >= 4 is 10.9 Å². The zero-order valence-corrected chi connectivity index (χ0v) is 14.0. The van der Waals surface area contributed by atoms with Gasteiger partial charge in [-0.25, -0.2) is 19.3 Å². The predicted octanol–water partition coefficient (Wildman–Crippen LogP) is 4.59. The Morgan fingerprint density at radius 1 is 0.885 bits per heavy atom. The van der Waals surface area contributed by atoms with E-state index < -0.39 is 6.86 Å². The average Bonchev–Trinajstić information content (AvgIpc) is 2.68. The van der Waals surface area contributed by atoms with Crippen molar-refractivity contribution in [2.24, 2.45) is 0 Å². The standard InChI is InChI=1S/C21H16FN3O/c22-14-26-18-8-3-5-15(12-18)11-17-7-4-10-20(24-17)21-23-13-16-6-1-2-9-19(16)25-21/h1-10,12-13H,11,14H2. The molecule has 128 valence electrons. The molecule has 0 spiro atoms. The van der Waals surface area contributed by atoms with Crippen molar-refractivity contribution in [2.75, 3.05) is 6.86 Å². The number of rotatable bonds is 5. The van der Waals surface area contributed by atoms with Crippen LogP contribution in [0.3, 0.4) is 0 Å². The second-order valence-electron chi connectivity index (χ2n) is 5.84. The van der Waals surface area contributed by atoms with Crippen molar-refractivity contribution in [3.05, 3.63) is 84.2 Å². The van der Waals surface area contributed by atoms with Crippen LogP contribution in [0.5, 0.6) is 5.75 Å². The number of ether oxygens (including phenoxy) is 1. The third-order valence-electron chi connectivity index (χ3n) is 4.03. The molecule has 0 unspecified atom stereocenters. The normalized spacial score (nSPS) is 10.8. The quantitative estimate of drug-likeness (QED) is 0.531. The first-order valence-corrected chi connectivity index (χ1v) is 8.27. The van der Waals surface area contributed by atoms with Crippen molar-refractivity contribution in [2.45, 2.75) is 6.42 Å². The Labute approximate surface area is 150 Å². The first-order chi connectivity index (χ1) is 12.8. The Balaban J connectivity index is 1.62. The van der Waals surface area contributed by atoms with E-state index in [1.807, 2.05) is 66.9 Å². The maximum absolute atomic E-state index is 12.3. The van der Waals surface area contributed by atoms with Crippen molar-refractivity contribution < 1.29 is 9.13 Å². The molecular weight excluding hydrogens is 329 g/mol. The molecule has 0 aliphatic heterocycles. The molecule has 0 atom stereocenters. The van der Waals surface area contributed by atoms with Crippen LogP contribution in [0.25, 0.3) is 22.4 Å². The molecule has 4 aromatic rings. The fourth-order valence-electron chi connectivity index (χ4n) is 2.82. The van der Waals surface area contributed by atoms with Crippen LogP contribution in [0.4, 0.5) is 4.39 Å². The molecule has 0 N–H and O–H groups in total. The highest BCUT2D eigenvalue weighted by molar-refractivity contribution is 5.79. The number of alkyl halides is 1. The molecule has 4 rings (SSSR count). The Hall–Kier alpha value is -3.34. The van der Waals surface area contributed by atoms with Crippen molar-refractivity contribution in [1.82, 2.24) is 15.0 Å². The van der Waals surface area contributed by atoms with E-state index in [-0.39, 0.29) is 0 Å². The number of para-hydroxylation sites is 1. The van der Waals surface area contributed by atoms with Gasteiger partial charge in [0, 0.05) is 23.7 Å². The fraction of sp³-hybridized carbons (Fsp3) is 0.0952. The van der Waals surface area contributed by atoms with E-state index in [2.05, 4.69) is 15.0 Å². The molecular formula is C21H16FN3O. The molecule has 0 aliphatic rings. The highest BCUT2D eigenvalue weighted by atomic mass is 19.1. The molecule has 2 aromatic heterocycles. The summed E-state index contributed by atoms with van der Waals surface area (Å²) in [5.74, 6) is 1.11. The number of fused-ring (bicyclic) bond motifs is 1. The van der Waals surface area contributed by atoms with E-state index in [4.69, 9.17) is 4.74 Å². The largest absolute Gasteiger partial charge is 0.463 e. The fourth-order valence-corrected chi connectivity index (χ4v) is 2.82. The lowest BCUT2D eigenvalue weighted by atomic mass is 10.1. The van der Waals surface area contributed by atoms with Gasteiger partial charge in [0.25, 0.3) is 0 Å². The minimum atomic E-state index is -0.837. The van der Waals surface area contributed by atoms with Crippen LogP contribution in [-0.4, -0.2) is 21.8 Å². The van der Waals surface area contributed by atoms with Crippen LogP contribution in [0.2, 0.25) is 0 Å². The number of hydrogen-bond acceptors (Lipinski definition) is 4. The van der Waals surface area contributed by atoms with Gasteiger partial charge < -0.3 is 4.74 Å². The summed E-state index contributed by atoms with van der Waals surface area (Å²) in [4.78, 5) is 13.7. The minimum Gasteiger partial charge on any atom is -0.463 e. The van der Waals surface area contributed by atoms with Crippen LogP contribution in [0, 0.1) is 0 Å². The van der Waals surface area contributed by atoms with Crippen molar-refractivity contribution in [3.63, 3.8) is 0 Å². The number of benzene rings is 2. The predicted molar refractivity (Wildman–Crippen MR) is 98.6 cm³/mol. The van der Waals surface area contributed by atoms with E-state index in [0.717, 1.165) is 27.9 Å². The Kier molecular flexibility index (Phi) is 4.51. The highest BCUT2D eigenvalue weighted by Crippen LogP contribution is 2.19. The van der Waals surface area contributed by atoms with Gasteiger partial charge in [0.15, 0.2) is 5.82 Å². The number of aromatic nitrogens is 3. The lowest BCUT2D eigenvalue weighted by molar-refractivity contribution is 0.191. The molecule has 0 amide bonds. The Morgan fingerprint density at radius 3 is 2.69 bits per heavy atom. The minimum absolute atomic E-state index is 0.513. The maximum Gasteiger partial charge on any atom is 0.228 e. The smallest absolute Gasteiger partial charge is 0.228 e. The molecule has 2 heterocycles. The van der Waals surface area contributed by atoms with E-state index >= 15 is 0 Å². The maximum atomic E-state index is 12.3. The molecule has 2 aromatic carbocycles. The van der Waals surface area contributed by atoms with Crippen LogP contribution in [0.1, 0.15) is 11.3 Å². The van der Waals surface area contributed by atoms with Gasteiger partial charge in [-0.1, -0.05) is 36.4 Å². The summed E-state index contributed by atoms with van der Waals surface area (Å²) >= 11 is 0. The lowest BCUT2D eigenvalue weighted by Gasteiger charge is -2.07. The number of pyridine rings is 1. The molecule has 26 heavy (non-hydrogen) atoms. The second kappa shape index (κ2) is 7.27. The molecule has 0 radical (unpaired) electrons. The number of nitrogens with zero attached hydrogens (tertiary/aromatic N) is 3. The first-order valence-electron chi connectivity index (χ1n) is 8.27. The monoisotopic (exact) mass is 345 g/mol. The van der Waals surface area contributed by atoms with Crippen LogP contribution >= 0.6 is 0 Å². The number of hydrogen-bond donors (Lipinski definition) is 0. The van der Waals surface area contributed by atoms with Gasteiger partial charge in [-0.3, -0.25) is 0 Å². The van der Waals surface area contributed by atoms with Gasteiger partial charge in [-0.15, -0.1) is 0 Å². The zero-order chi connectivity index (χ0) is 17.8. The summed E-state index contributed by atoms with van der Waals surface area (Å²) in [5.41, 5.74) is 3.50. The Morgan fingerprint density at radius 2 is 1.77 bits per heavy atom. The Bertz CT molecular complexity index is 1050. The SMILES string of the molecule is FCOc1cccc(Cc2cccc(-c3ncc4ccccc4n3)n2)c1. The van der Waals surface area contributed by atoms with E-state index in [0.29, 0.717) is 18.0 Å². The summed E-state index contributed by atoms with van der Waals surface area (Å²) in [6, 6.07) is 21.0. The van der Waals surface area contributed by atoms with Gasteiger partial charge in [0.05, 0.1) is 5.52 Å². The van der Waals surface area contributed by atoms with Gasteiger partial charge in [0.1, 0.15) is 11.4 Å². The van der Waals surface area contributed by atoms with Crippen molar-refractivity contribution in [1.29, 1.82) is 0 Å². The average molecular weight is 345 g/mol. The van der Waals surface area contributed by atoms with E-state index in [9.17, 15) is 4.39 Å². The number of halogens is 1. The van der Waals surface area contributed by atoms with E-state index in [1.165, 1.54) is 0 Å². The summed E-state index contributed by atoms with van der Waals surface area (Å²) < 4.78 is 17.3. The zero-order valence-electron chi connectivity index (χ0n) is 14.0. The first kappa shape index (κ1) is 16.1. The lowest BCUT2D eigenvalue weighted by Crippen LogP contribution is -1.98. The molecule has 0 aliphatic carbocycles. The van der Waals surface area contributed by atoms with Crippen molar-refractivity contribution in [3.8, 4) is 17.3 Å². The van der Waals surface area contributed by atoms with Gasteiger partial charge in [0.2, 0.25) is 6.86 Å². The van der Waals surface area contributed by atoms with Crippen LogP contribution < -0.4 is 4.74 Å². The second-order valence-corrected chi connectivity index (χ2v) is 5.84. The van der Waals surface area contributed by atoms with E-state index in [1.54, 1.807) is 6.07 Å². The van der Waals surface area contributed by atoms with Crippen LogP contribution in [0.15, 0.2) is 72.9 Å². The topological polar surface area (TPSA) is 47.9 Å². The molecule has 0 saturated carbocycles. The van der Waals surface area contributed by atoms with Gasteiger partial charge in [-0.2, -0.15) is 0 Å². The molecule has 5 heteroatoms. The highest BCUT2D eigenvalue weighted by Gasteiger charge is 2.07. The third kappa shape index (κ3) is 3.52. The van der Waals surface area contributed by atoms with Gasteiger partial charge in [-0.05, 0) is 35.9 Å². The summed E-state index contributed by atoms with van der Waals surface area (Å²) in [5, 5.41) is 0.997. The summed E-state index contributed by atoms with van der Waals surface area (Å²) in [7, 11) is 0.